The van der Waals surface area contributed by atoms with Crippen LogP contribution in [0.25, 0.3) is 0 Å². The molecule has 2 saturated carbocycles. The lowest BCUT2D eigenvalue weighted by molar-refractivity contribution is -0.158. The second-order valence-electron chi connectivity index (χ2n) is 6.99. The predicted octanol–water partition coefficient (Wildman–Crippen LogP) is 2.24. The van der Waals surface area contributed by atoms with E-state index in [1.165, 1.54) is 19.3 Å². The van der Waals surface area contributed by atoms with Crippen molar-refractivity contribution >= 4 is 5.91 Å². The van der Waals surface area contributed by atoms with Crippen LogP contribution in [0.5, 0.6) is 0 Å². The number of hydrogen-bond acceptors (Lipinski definition) is 3. The number of aliphatic hydroxyl groups is 1. The second kappa shape index (κ2) is 5.64. The van der Waals surface area contributed by atoms with Gasteiger partial charge in [-0.25, -0.2) is 0 Å². The first-order valence-electron chi connectivity index (χ1n) is 8.25. The van der Waals surface area contributed by atoms with E-state index < -0.39 is 5.60 Å². The summed E-state index contributed by atoms with van der Waals surface area (Å²) in [4.78, 5) is 14.4. The number of morpholine rings is 1. The van der Waals surface area contributed by atoms with Gasteiger partial charge in [-0.3, -0.25) is 4.79 Å². The fourth-order valence-electron chi connectivity index (χ4n) is 3.89. The second-order valence-corrected chi connectivity index (χ2v) is 6.99. The third-order valence-corrected chi connectivity index (χ3v) is 5.45. The van der Waals surface area contributed by atoms with Gasteiger partial charge in [-0.15, -0.1) is 0 Å². The predicted molar refractivity (Wildman–Crippen MR) is 76.4 cm³/mol. The van der Waals surface area contributed by atoms with Gasteiger partial charge in [-0.1, -0.05) is 19.3 Å². The van der Waals surface area contributed by atoms with Crippen LogP contribution < -0.4 is 0 Å². The fourth-order valence-corrected chi connectivity index (χ4v) is 3.89. The monoisotopic (exact) mass is 281 g/mol. The Morgan fingerprint density at radius 3 is 2.50 bits per heavy atom. The first-order chi connectivity index (χ1) is 9.61. The standard InChI is InChI=1S/C16H27NO3/c18-14(5-10-15(19)6-4-7-15)17-11-12-20-16(13-17)8-2-1-3-9-16/h19H,1-13H2. The van der Waals surface area contributed by atoms with Crippen LogP contribution in [0.15, 0.2) is 0 Å². The van der Waals surface area contributed by atoms with E-state index in [1.54, 1.807) is 0 Å². The van der Waals surface area contributed by atoms with Crippen molar-refractivity contribution in [3.63, 3.8) is 0 Å². The van der Waals surface area contributed by atoms with Crippen molar-refractivity contribution in [1.82, 2.24) is 4.90 Å². The normalized spacial score (nSPS) is 28.1. The molecule has 3 rings (SSSR count). The number of rotatable bonds is 3. The van der Waals surface area contributed by atoms with Gasteiger partial charge in [0.05, 0.1) is 17.8 Å². The Bertz CT molecular complexity index is 353. The minimum atomic E-state index is -0.537. The molecule has 1 aliphatic heterocycles. The van der Waals surface area contributed by atoms with Gasteiger partial charge in [0.25, 0.3) is 0 Å². The van der Waals surface area contributed by atoms with Gasteiger partial charge in [0, 0.05) is 19.5 Å². The van der Waals surface area contributed by atoms with E-state index in [0.717, 1.165) is 45.2 Å². The summed E-state index contributed by atoms with van der Waals surface area (Å²) >= 11 is 0. The molecule has 0 unspecified atom stereocenters. The molecule has 3 aliphatic rings. The van der Waals surface area contributed by atoms with Crippen molar-refractivity contribution in [1.29, 1.82) is 0 Å². The minimum Gasteiger partial charge on any atom is -0.390 e. The van der Waals surface area contributed by atoms with Gasteiger partial charge >= 0.3 is 0 Å². The van der Waals surface area contributed by atoms with Gasteiger partial charge in [0.1, 0.15) is 0 Å². The molecule has 0 aromatic carbocycles. The highest BCUT2D eigenvalue weighted by Crippen LogP contribution is 2.37. The van der Waals surface area contributed by atoms with Crippen molar-refractivity contribution in [2.45, 2.75) is 75.4 Å². The summed E-state index contributed by atoms with van der Waals surface area (Å²) < 4.78 is 6.02. The Labute approximate surface area is 121 Å². The Hall–Kier alpha value is -0.610. The minimum absolute atomic E-state index is 0.0560. The molecule has 1 spiro atoms. The molecule has 0 atom stereocenters. The SMILES string of the molecule is O=C(CCC1(O)CCC1)N1CCOC2(CCCCC2)C1. The highest BCUT2D eigenvalue weighted by Gasteiger charge is 2.40. The fraction of sp³-hybridized carbons (Fsp3) is 0.938. The van der Waals surface area contributed by atoms with Crippen LogP contribution >= 0.6 is 0 Å². The van der Waals surface area contributed by atoms with E-state index in [-0.39, 0.29) is 11.5 Å². The topological polar surface area (TPSA) is 49.8 Å². The first kappa shape index (κ1) is 14.3. The lowest BCUT2D eigenvalue weighted by Crippen LogP contribution is -2.54. The van der Waals surface area contributed by atoms with E-state index in [2.05, 4.69) is 0 Å². The van der Waals surface area contributed by atoms with Crippen LogP contribution in [0.4, 0.5) is 0 Å². The summed E-state index contributed by atoms with van der Waals surface area (Å²) in [7, 11) is 0. The largest absolute Gasteiger partial charge is 0.390 e. The van der Waals surface area contributed by atoms with Crippen LogP contribution in [-0.4, -0.2) is 46.8 Å². The number of amides is 1. The zero-order valence-electron chi connectivity index (χ0n) is 12.4. The molecule has 1 saturated heterocycles. The van der Waals surface area contributed by atoms with Gasteiger partial charge in [-0.05, 0) is 38.5 Å². The summed E-state index contributed by atoms with van der Waals surface area (Å²) in [5, 5.41) is 10.1. The lowest BCUT2D eigenvalue weighted by Gasteiger charge is -2.45. The maximum absolute atomic E-state index is 12.4. The average molecular weight is 281 g/mol. The van der Waals surface area contributed by atoms with Crippen molar-refractivity contribution < 1.29 is 14.6 Å². The van der Waals surface area contributed by atoms with Crippen molar-refractivity contribution in [3.05, 3.63) is 0 Å². The maximum atomic E-state index is 12.4. The van der Waals surface area contributed by atoms with Crippen molar-refractivity contribution in [3.8, 4) is 0 Å². The molecule has 1 amide bonds. The Balaban J connectivity index is 1.52. The molecule has 114 valence electrons. The molecule has 1 N–H and O–H groups in total. The molecule has 0 aromatic rings. The summed E-state index contributed by atoms with van der Waals surface area (Å²) in [6.45, 7) is 2.17. The van der Waals surface area contributed by atoms with Crippen LogP contribution in [0.3, 0.4) is 0 Å². The van der Waals surface area contributed by atoms with Crippen molar-refractivity contribution in [2.24, 2.45) is 0 Å². The van der Waals surface area contributed by atoms with Gasteiger partial charge < -0.3 is 14.7 Å². The molecule has 4 heteroatoms. The summed E-state index contributed by atoms with van der Waals surface area (Å²) in [5.74, 6) is 0.207. The average Bonchev–Trinajstić information content (AvgIpc) is 2.43. The zero-order chi connectivity index (χ0) is 14.1. The van der Waals surface area contributed by atoms with Crippen LogP contribution in [-0.2, 0) is 9.53 Å². The molecule has 0 aromatic heterocycles. The highest BCUT2D eigenvalue weighted by atomic mass is 16.5. The molecule has 20 heavy (non-hydrogen) atoms. The quantitative estimate of drug-likeness (QED) is 0.863. The Morgan fingerprint density at radius 1 is 1.10 bits per heavy atom. The molecule has 3 fully saturated rings. The lowest BCUT2D eigenvalue weighted by atomic mass is 9.77. The summed E-state index contributed by atoms with van der Waals surface area (Å²) in [6.07, 6.45) is 9.91. The Kier molecular flexibility index (Phi) is 4.04. The highest BCUT2D eigenvalue weighted by molar-refractivity contribution is 5.76. The first-order valence-corrected chi connectivity index (χ1v) is 8.25. The van der Waals surface area contributed by atoms with E-state index in [4.69, 9.17) is 4.74 Å². The molecular weight excluding hydrogens is 254 g/mol. The number of hydrogen-bond donors (Lipinski definition) is 1. The number of carbonyl (C=O) groups is 1. The third-order valence-electron chi connectivity index (χ3n) is 5.45. The number of ether oxygens (including phenoxy) is 1. The van der Waals surface area contributed by atoms with Crippen LogP contribution in [0.2, 0.25) is 0 Å². The van der Waals surface area contributed by atoms with Gasteiger partial charge in [0.15, 0.2) is 0 Å². The summed E-state index contributed by atoms with van der Waals surface area (Å²) in [6, 6.07) is 0. The zero-order valence-corrected chi connectivity index (χ0v) is 12.4. The summed E-state index contributed by atoms with van der Waals surface area (Å²) in [5.41, 5.74) is -0.593. The number of carbonyl (C=O) groups excluding carboxylic acids is 1. The molecular formula is C16H27NO3. The molecule has 0 radical (unpaired) electrons. The van der Waals surface area contributed by atoms with Crippen molar-refractivity contribution in [2.75, 3.05) is 19.7 Å². The van der Waals surface area contributed by atoms with E-state index in [1.807, 2.05) is 4.90 Å². The maximum Gasteiger partial charge on any atom is 0.222 e. The molecule has 1 heterocycles. The molecule has 4 nitrogen and oxygen atoms in total. The van der Waals surface area contributed by atoms with E-state index >= 15 is 0 Å². The van der Waals surface area contributed by atoms with Gasteiger partial charge in [-0.2, -0.15) is 0 Å². The number of nitrogens with zero attached hydrogens (tertiary/aromatic N) is 1. The molecule has 0 bridgehead atoms. The van der Waals surface area contributed by atoms with Crippen LogP contribution in [0, 0.1) is 0 Å². The molecule has 2 aliphatic carbocycles. The Morgan fingerprint density at radius 2 is 1.85 bits per heavy atom. The van der Waals surface area contributed by atoms with Crippen LogP contribution in [0.1, 0.15) is 64.2 Å². The van der Waals surface area contributed by atoms with E-state index in [9.17, 15) is 9.90 Å². The third kappa shape index (κ3) is 3.01. The van der Waals surface area contributed by atoms with Gasteiger partial charge in [0.2, 0.25) is 5.91 Å². The smallest absolute Gasteiger partial charge is 0.222 e. The van der Waals surface area contributed by atoms with E-state index in [0.29, 0.717) is 19.4 Å².